The summed E-state index contributed by atoms with van der Waals surface area (Å²) < 4.78 is 27.4. The van der Waals surface area contributed by atoms with Gasteiger partial charge >= 0.3 is 0 Å². The Morgan fingerprint density at radius 1 is 1.41 bits per heavy atom. The first-order valence-electron chi connectivity index (χ1n) is 5.39. The maximum atomic E-state index is 11.8. The fourth-order valence-electron chi connectivity index (χ4n) is 1.42. The Hall–Kier alpha value is -1.11. The topological polar surface area (TPSA) is 75.4 Å². The van der Waals surface area contributed by atoms with Gasteiger partial charge in [0.25, 0.3) is 10.2 Å². The lowest BCUT2D eigenvalue weighted by molar-refractivity contribution is 0.449. The van der Waals surface area contributed by atoms with Crippen LogP contribution in [0, 0.1) is 0 Å². The van der Waals surface area contributed by atoms with Gasteiger partial charge in [0, 0.05) is 25.3 Å². The molecule has 0 bridgehead atoms. The molecule has 0 amide bonds. The summed E-state index contributed by atoms with van der Waals surface area (Å²) in [4.78, 5) is 0. The molecule has 0 radical (unpaired) electrons. The van der Waals surface area contributed by atoms with E-state index in [9.17, 15) is 8.42 Å². The number of nitrogen functional groups attached to an aromatic ring is 1. The van der Waals surface area contributed by atoms with Gasteiger partial charge in [-0.2, -0.15) is 17.4 Å². The molecule has 1 rings (SSSR count). The number of nitrogens with one attached hydrogen (secondary N) is 1. The van der Waals surface area contributed by atoms with E-state index < -0.39 is 10.2 Å². The van der Waals surface area contributed by atoms with Gasteiger partial charge < -0.3 is 5.73 Å². The number of nitrogens with zero attached hydrogens (tertiary/aromatic N) is 1. The van der Waals surface area contributed by atoms with Crippen molar-refractivity contribution in [2.45, 2.75) is 26.4 Å². The molecule has 0 aromatic heterocycles. The average Bonchev–Trinajstić information content (AvgIpc) is 2.15. The van der Waals surface area contributed by atoms with Crippen molar-refractivity contribution in [3.63, 3.8) is 0 Å². The van der Waals surface area contributed by atoms with Crippen molar-refractivity contribution in [3.8, 4) is 0 Å². The van der Waals surface area contributed by atoms with Crippen LogP contribution in [0.3, 0.4) is 0 Å². The van der Waals surface area contributed by atoms with Crippen molar-refractivity contribution in [2.24, 2.45) is 0 Å². The van der Waals surface area contributed by atoms with Gasteiger partial charge in [-0.1, -0.05) is 12.1 Å². The van der Waals surface area contributed by atoms with Crippen molar-refractivity contribution < 1.29 is 8.42 Å². The zero-order chi connectivity index (χ0) is 13.1. The second-order valence-corrected chi connectivity index (χ2v) is 6.09. The van der Waals surface area contributed by atoms with Gasteiger partial charge in [0.05, 0.1) is 0 Å². The molecule has 0 fully saturated rings. The maximum absolute atomic E-state index is 11.8. The van der Waals surface area contributed by atoms with E-state index in [2.05, 4.69) is 4.72 Å². The summed E-state index contributed by atoms with van der Waals surface area (Å²) in [6.45, 7) is 3.87. The van der Waals surface area contributed by atoms with E-state index in [0.717, 1.165) is 5.56 Å². The molecule has 0 heterocycles. The largest absolute Gasteiger partial charge is 0.399 e. The van der Waals surface area contributed by atoms with Gasteiger partial charge in [-0.3, -0.25) is 0 Å². The number of hydrogen-bond acceptors (Lipinski definition) is 3. The SMILES string of the molecule is CC(C)NS(=O)(=O)N(C)Cc1cccc(N)c1. The Morgan fingerprint density at radius 2 is 2.06 bits per heavy atom. The zero-order valence-electron chi connectivity index (χ0n) is 10.3. The summed E-state index contributed by atoms with van der Waals surface area (Å²) in [6.07, 6.45) is 0. The van der Waals surface area contributed by atoms with Gasteiger partial charge in [0.1, 0.15) is 0 Å². The van der Waals surface area contributed by atoms with Crippen LogP contribution in [0.5, 0.6) is 0 Å². The van der Waals surface area contributed by atoms with Gasteiger partial charge in [-0.15, -0.1) is 0 Å². The van der Waals surface area contributed by atoms with Crippen molar-refractivity contribution in [3.05, 3.63) is 29.8 Å². The third kappa shape index (κ3) is 4.33. The molecule has 1 aromatic rings. The van der Waals surface area contributed by atoms with Gasteiger partial charge in [-0.05, 0) is 31.5 Å². The Kier molecular flexibility index (Phi) is 4.50. The van der Waals surface area contributed by atoms with E-state index in [1.54, 1.807) is 32.0 Å². The normalized spacial score (nSPS) is 12.3. The molecular formula is C11H19N3O2S. The second-order valence-electron chi connectivity index (χ2n) is 4.28. The third-order valence-corrected chi connectivity index (χ3v) is 3.87. The minimum atomic E-state index is -3.43. The molecular weight excluding hydrogens is 238 g/mol. The molecule has 0 spiro atoms. The predicted octanol–water partition coefficient (Wildman–Crippen LogP) is 0.943. The molecule has 0 atom stereocenters. The molecule has 1 aromatic carbocycles. The lowest BCUT2D eigenvalue weighted by Gasteiger charge is -2.19. The van der Waals surface area contributed by atoms with Crippen LogP contribution in [-0.2, 0) is 16.8 Å². The van der Waals surface area contributed by atoms with Crippen molar-refractivity contribution >= 4 is 15.9 Å². The van der Waals surface area contributed by atoms with Crippen LogP contribution in [0.4, 0.5) is 5.69 Å². The van der Waals surface area contributed by atoms with Gasteiger partial charge in [0.15, 0.2) is 0 Å². The minimum Gasteiger partial charge on any atom is -0.399 e. The lowest BCUT2D eigenvalue weighted by atomic mass is 10.2. The van der Waals surface area contributed by atoms with Crippen LogP contribution < -0.4 is 10.5 Å². The molecule has 0 saturated carbocycles. The minimum absolute atomic E-state index is 0.122. The van der Waals surface area contributed by atoms with Crippen molar-refractivity contribution in [2.75, 3.05) is 12.8 Å². The maximum Gasteiger partial charge on any atom is 0.279 e. The molecule has 5 nitrogen and oxygen atoms in total. The standard InChI is InChI=1S/C11H19N3O2S/c1-9(2)13-17(15,16)14(3)8-10-5-4-6-11(12)7-10/h4-7,9,13H,8,12H2,1-3H3. The molecule has 17 heavy (non-hydrogen) atoms. The molecule has 96 valence electrons. The Bertz CT molecular complexity index is 471. The molecule has 0 saturated heterocycles. The van der Waals surface area contributed by atoms with Crippen LogP contribution in [0.15, 0.2) is 24.3 Å². The van der Waals surface area contributed by atoms with E-state index in [1.165, 1.54) is 11.4 Å². The van der Waals surface area contributed by atoms with E-state index in [1.807, 2.05) is 6.07 Å². The molecule has 0 aliphatic rings. The number of nitrogens with two attached hydrogens (primary N) is 1. The van der Waals surface area contributed by atoms with E-state index in [0.29, 0.717) is 12.2 Å². The Morgan fingerprint density at radius 3 is 2.59 bits per heavy atom. The van der Waals surface area contributed by atoms with Crippen LogP contribution in [-0.4, -0.2) is 25.8 Å². The highest BCUT2D eigenvalue weighted by Crippen LogP contribution is 2.10. The van der Waals surface area contributed by atoms with Gasteiger partial charge in [0.2, 0.25) is 0 Å². The number of hydrogen-bond donors (Lipinski definition) is 2. The molecule has 0 aliphatic carbocycles. The summed E-state index contributed by atoms with van der Waals surface area (Å²) in [5.74, 6) is 0. The van der Waals surface area contributed by atoms with Crippen LogP contribution in [0.2, 0.25) is 0 Å². The zero-order valence-corrected chi connectivity index (χ0v) is 11.2. The van der Waals surface area contributed by atoms with E-state index in [-0.39, 0.29) is 6.04 Å². The highest BCUT2D eigenvalue weighted by atomic mass is 32.2. The summed E-state index contributed by atoms with van der Waals surface area (Å²) in [7, 11) is -1.89. The van der Waals surface area contributed by atoms with E-state index >= 15 is 0 Å². The number of benzene rings is 1. The fraction of sp³-hybridized carbons (Fsp3) is 0.455. The Balaban J connectivity index is 2.75. The van der Waals surface area contributed by atoms with Crippen molar-refractivity contribution in [1.29, 1.82) is 0 Å². The smallest absolute Gasteiger partial charge is 0.279 e. The summed E-state index contributed by atoms with van der Waals surface area (Å²) in [5.41, 5.74) is 7.13. The van der Waals surface area contributed by atoms with E-state index in [4.69, 9.17) is 5.73 Å². The van der Waals surface area contributed by atoms with Crippen LogP contribution in [0.25, 0.3) is 0 Å². The van der Waals surface area contributed by atoms with Gasteiger partial charge in [-0.25, -0.2) is 0 Å². The Labute approximate surface area is 103 Å². The quantitative estimate of drug-likeness (QED) is 0.771. The summed E-state index contributed by atoms with van der Waals surface area (Å²) in [6, 6.07) is 7.06. The van der Waals surface area contributed by atoms with Crippen LogP contribution in [0.1, 0.15) is 19.4 Å². The molecule has 6 heteroatoms. The summed E-state index contributed by atoms with van der Waals surface area (Å²) in [5, 5.41) is 0. The number of anilines is 1. The molecule has 0 unspecified atom stereocenters. The highest BCUT2D eigenvalue weighted by molar-refractivity contribution is 7.87. The monoisotopic (exact) mass is 257 g/mol. The predicted molar refractivity (Wildman–Crippen MR) is 69.5 cm³/mol. The first-order chi connectivity index (χ1) is 7.81. The van der Waals surface area contributed by atoms with Crippen LogP contribution >= 0.6 is 0 Å². The fourth-order valence-corrected chi connectivity index (χ4v) is 2.52. The first kappa shape index (κ1) is 14.0. The number of rotatable bonds is 5. The first-order valence-corrected chi connectivity index (χ1v) is 6.83. The highest BCUT2D eigenvalue weighted by Gasteiger charge is 2.18. The van der Waals surface area contributed by atoms with Crippen molar-refractivity contribution in [1.82, 2.24) is 9.03 Å². The average molecular weight is 257 g/mol. The molecule has 3 N–H and O–H groups in total. The summed E-state index contributed by atoms with van der Waals surface area (Å²) >= 11 is 0. The molecule has 0 aliphatic heterocycles. The second kappa shape index (κ2) is 5.48. The third-order valence-electron chi connectivity index (χ3n) is 2.15. The lowest BCUT2D eigenvalue weighted by Crippen LogP contribution is -2.41.